The standard InChI is InChI=1S/C87H137N7O29.2H2/c1-64(95)67(22-14-16-40-89-81(104)62-121-57-53-117-49-43-92-82(105)63-120-56-50-114-44-20-24-69(96)32-37-73(85(110)111)93-78(101)27-13-9-7-11-19-47-123-72-35-30-66(31-36-72)84(108)109)58-75(98)68(59-76(99)87(2,3)88)23-15-17-41-90-80(103)61-119-55-51-115-45-21-25-70(97)60-118-54-52-116-48-42-91-77(100)39-38-74(86(112)113)94-79(102)26-12-8-5-4-6-10-18-46-122-71-33-28-65(29-34-71)83(106)107;;/h28-31,33-36,67-68,73-74H,4-27,32,37-63,88H2,1-3H3,(H,89,104)(H,90,103)(H,91,100)(H,92,105)(H,93,101)(H,94,102)(H,106,107)(H,108,109)(H,110,111)(H,112,113);2*1H/t67-,68-,73+,74+;;/m1../s1. The van der Waals surface area contributed by atoms with Crippen molar-refractivity contribution in [1.29, 1.82) is 0 Å². The average Bonchev–Trinajstić information content (AvgIpc) is 0.870. The number of Topliss-reactive ketones (excluding diaryl/α,β-unsaturated/α-hetero) is 5. The monoisotopic (exact) mass is 1750 g/mol. The van der Waals surface area contributed by atoms with E-state index < -0.39 is 65.1 Å². The van der Waals surface area contributed by atoms with Crippen LogP contribution < -0.4 is 47.1 Å². The average molecular weight is 1750 g/mol. The van der Waals surface area contributed by atoms with E-state index in [1.54, 1.807) is 38.1 Å². The molecule has 123 heavy (non-hydrogen) atoms. The number of carbonyl (C=O) groups excluding carboxylic acids is 11. The van der Waals surface area contributed by atoms with E-state index in [0.717, 1.165) is 64.2 Å². The van der Waals surface area contributed by atoms with E-state index in [0.29, 0.717) is 102 Å². The van der Waals surface area contributed by atoms with Crippen LogP contribution in [0.5, 0.6) is 11.5 Å². The van der Waals surface area contributed by atoms with E-state index >= 15 is 0 Å². The van der Waals surface area contributed by atoms with Crippen molar-refractivity contribution in [2.75, 3.05) is 145 Å². The molecule has 2 rings (SSSR count). The van der Waals surface area contributed by atoms with Crippen LogP contribution in [-0.2, 0) is 100 Å². The number of carboxylic acid groups (broad SMARTS) is 4. The number of aromatic carboxylic acids is 2. The Labute approximate surface area is 724 Å². The van der Waals surface area contributed by atoms with Gasteiger partial charge in [0.15, 0.2) is 11.6 Å². The third-order valence-electron chi connectivity index (χ3n) is 19.3. The molecule has 698 valence electrons. The van der Waals surface area contributed by atoms with Gasteiger partial charge in [-0.15, -0.1) is 0 Å². The normalized spacial score (nSPS) is 12.2. The third kappa shape index (κ3) is 60.8. The molecule has 36 heteroatoms. The molecule has 0 aromatic heterocycles. The van der Waals surface area contributed by atoms with Crippen LogP contribution in [0.4, 0.5) is 0 Å². The fourth-order valence-corrected chi connectivity index (χ4v) is 12.1. The van der Waals surface area contributed by atoms with Gasteiger partial charge in [0.05, 0.1) is 95.9 Å². The van der Waals surface area contributed by atoms with Gasteiger partial charge in [0.2, 0.25) is 35.4 Å². The molecule has 0 radical (unpaired) electrons. The van der Waals surface area contributed by atoms with E-state index in [-0.39, 0.29) is 250 Å². The first-order valence-electron chi connectivity index (χ1n) is 43.1. The minimum Gasteiger partial charge on any atom is -0.494 e. The quantitative estimate of drug-likeness (QED) is 0.0289. The Bertz CT molecular complexity index is 3430. The van der Waals surface area contributed by atoms with Crippen molar-refractivity contribution < 1.29 is 143 Å². The number of ether oxygens (including phenoxy) is 10. The van der Waals surface area contributed by atoms with Crippen molar-refractivity contribution in [2.24, 2.45) is 17.6 Å². The molecule has 0 saturated carbocycles. The second kappa shape index (κ2) is 70.1. The van der Waals surface area contributed by atoms with Gasteiger partial charge in [0, 0.05) is 105 Å². The number of ketones is 5. The largest absolute Gasteiger partial charge is 0.494 e. The van der Waals surface area contributed by atoms with Gasteiger partial charge in [-0.1, -0.05) is 64.2 Å². The Morgan fingerprint density at radius 3 is 1.12 bits per heavy atom. The van der Waals surface area contributed by atoms with Crippen molar-refractivity contribution in [1.82, 2.24) is 31.9 Å². The number of hydrogen-bond acceptors (Lipinski definition) is 26. The Balaban J connectivity index is 0.0000769. The van der Waals surface area contributed by atoms with Crippen molar-refractivity contribution in [3.63, 3.8) is 0 Å². The Morgan fingerprint density at radius 1 is 0.341 bits per heavy atom. The number of hydrogen-bond donors (Lipinski definition) is 11. The maximum Gasteiger partial charge on any atom is 0.335 e. The van der Waals surface area contributed by atoms with Gasteiger partial charge in [0.1, 0.15) is 67.4 Å². The van der Waals surface area contributed by atoms with E-state index in [4.69, 9.17) is 63.3 Å². The Hall–Kier alpha value is -9.27. The molecule has 6 amide bonds. The molecule has 0 aliphatic heterocycles. The molecular formula is C87H141N7O29. The number of aliphatic carboxylic acids is 2. The Kier molecular flexibility index (Phi) is 62.5. The highest BCUT2D eigenvalue weighted by Gasteiger charge is 2.31. The van der Waals surface area contributed by atoms with Crippen LogP contribution in [0, 0.1) is 11.8 Å². The first kappa shape index (κ1) is 110. The van der Waals surface area contributed by atoms with Gasteiger partial charge >= 0.3 is 23.9 Å². The van der Waals surface area contributed by atoms with Crippen LogP contribution in [0.1, 0.15) is 237 Å². The summed E-state index contributed by atoms with van der Waals surface area (Å²) < 4.78 is 54.7. The topological polar surface area (TPSA) is 527 Å². The molecular weight excluding hydrogens is 1610 g/mol. The molecule has 0 unspecified atom stereocenters. The minimum absolute atomic E-state index is 0. The number of unbranched alkanes of at least 4 members (excludes halogenated alkanes) is 12. The van der Waals surface area contributed by atoms with Crippen LogP contribution in [0.15, 0.2) is 48.5 Å². The number of nitrogens with one attached hydrogen (secondary N) is 6. The summed E-state index contributed by atoms with van der Waals surface area (Å²) >= 11 is 0. The zero-order valence-corrected chi connectivity index (χ0v) is 72.3. The van der Waals surface area contributed by atoms with Gasteiger partial charge < -0.3 is 105 Å². The van der Waals surface area contributed by atoms with Crippen LogP contribution in [0.2, 0.25) is 0 Å². The first-order chi connectivity index (χ1) is 59.0. The number of benzene rings is 2. The van der Waals surface area contributed by atoms with Gasteiger partial charge in [-0.05, 0) is 146 Å². The summed E-state index contributed by atoms with van der Waals surface area (Å²) in [5, 5.41) is 53.1. The molecule has 0 heterocycles. The Morgan fingerprint density at radius 2 is 0.707 bits per heavy atom. The fourth-order valence-electron chi connectivity index (χ4n) is 12.1. The highest BCUT2D eigenvalue weighted by Crippen LogP contribution is 2.25. The summed E-state index contributed by atoms with van der Waals surface area (Å²) in [5.74, 6) is -7.71. The van der Waals surface area contributed by atoms with E-state index in [2.05, 4.69) is 31.9 Å². The molecule has 0 aliphatic rings. The van der Waals surface area contributed by atoms with Crippen molar-refractivity contribution in [2.45, 2.75) is 231 Å². The minimum atomic E-state index is -1.23. The lowest BCUT2D eigenvalue weighted by atomic mass is 9.82. The van der Waals surface area contributed by atoms with Gasteiger partial charge in [0.25, 0.3) is 0 Å². The maximum atomic E-state index is 13.7. The molecule has 0 bridgehead atoms. The molecule has 36 nitrogen and oxygen atoms in total. The lowest BCUT2D eigenvalue weighted by Crippen LogP contribution is -2.43. The lowest BCUT2D eigenvalue weighted by molar-refractivity contribution is -0.142. The smallest absolute Gasteiger partial charge is 0.335 e. The second-order valence-electron chi connectivity index (χ2n) is 30.5. The fraction of sp³-hybridized carbons (Fsp3) is 0.690. The molecule has 2 aromatic rings. The molecule has 12 N–H and O–H groups in total. The van der Waals surface area contributed by atoms with Crippen LogP contribution in [-0.4, -0.2) is 271 Å². The summed E-state index contributed by atoms with van der Waals surface area (Å²) in [4.78, 5) is 184. The highest BCUT2D eigenvalue weighted by molar-refractivity contribution is 5.94. The van der Waals surface area contributed by atoms with Gasteiger partial charge in [-0.2, -0.15) is 0 Å². The highest BCUT2D eigenvalue weighted by atomic mass is 16.5. The van der Waals surface area contributed by atoms with Crippen LogP contribution in [0.25, 0.3) is 0 Å². The van der Waals surface area contributed by atoms with E-state index in [1.807, 2.05) is 0 Å². The van der Waals surface area contributed by atoms with Crippen LogP contribution >= 0.6 is 0 Å². The summed E-state index contributed by atoms with van der Waals surface area (Å²) in [6.07, 6.45) is 14.0. The molecule has 0 spiro atoms. The van der Waals surface area contributed by atoms with E-state index in [9.17, 15) is 82.1 Å². The summed E-state index contributed by atoms with van der Waals surface area (Å²) in [6, 6.07) is 10.0. The van der Waals surface area contributed by atoms with Crippen molar-refractivity contribution in [3.05, 3.63) is 59.7 Å². The number of carbonyl (C=O) groups is 15. The zero-order valence-electron chi connectivity index (χ0n) is 72.3. The number of amides is 6. The SMILES string of the molecule is CC(=O)[C@H](CCCCNC(=O)COCCOCCNC(=O)COCCOCCCC(=O)CC[C@H](NC(=O)CCCCCCCOc1ccc(C(=O)O)cc1)C(=O)O)CC(=O)[C@H](CCCCNC(=O)COCCOCCCC(=O)COCCOCCNC(=O)CC[C@H](NC(=O)CCCCCCCCCOc1ccc(C(=O)O)cc1)C(=O)O)CC(=O)C(C)(C)N.[HH].[HH]. The maximum absolute atomic E-state index is 13.7. The second-order valence-corrected chi connectivity index (χ2v) is 30.5. The number of rotatable bonds is 83. The van der Waals surface area contributed by atoms with Gasteiger partial charge in [-0.25, -0.2) is 19.2 Å². The predicted molar refractivity (Wildman–Crippen MR) is 454 cm³/mol. The summed E-state index contributed by atoms with van der Waals surface area (Å²) in [5.41, 5.74) is 5.30. The zero-order chi connectivity index (χ0) is 90.5. The predicted octanol–water partition coefficient (Wildman–Crippen LogP) is 7.31. The van der Waals surface area contributed by atoms with Crippen molar-refractivity contribution >= 4 is 88.2 Å². The van der Waals surface area contributed by atoms with Crippen molar-refractivity contribution in [3.8, 4) is 11.5 Å². The summed E-state index contributed by atoms with van der Waals surface area (Å²) in [7, 11) is 0. The summed E-state index contributed by atoms with van der Waals surface area (Å²) in [6.45, 7) is 7.90. The molecule has 2 aromatic carbocycles. The van der Waals surface area contributed by atoms with Gasteiger partial charge in [-0.3, -0.25) is 52.7 Å². The molecule has 0 aliphatic carbocycles. The van der Waals surface area contributed by atoms with Crippen LogP contribution in [0.3, 0.4) is 0 Å². The first-order valence-corrected chi connectivity index (χ1v) is 43.1. The van der Waals surface area contributed by atoms with E-state index in [1.165, 1.54) is 31.2 Å². The number of carboxylic acids is 4. The molecule has 4 atom stereocenters. The number of nitrogens with two attached hydrogens (primary N) is 1. The molecule has 0 saturated heterocycles. The lowest BCUT2D eigenvalue weighted by Gasteiger charge is -2.23. The molecule has 0 fully saturated rings. The third-order valence-corrected chi connectivity index (χ3v) is 19.3.